The van der Waals surface area contributed by atoms with Crippen molar-refractivity contribution in [1.82, 2.24) is 4.98 Å². The highest BCUT2D eigenvalue weighted by molar-refractivity contribution is 9.10. The molecule has 0 aliphatic rings. The van der Waals surface area contributed by atoms with Crippen molar-refractivity contribution in [2.75, 3.05) is 5.32 Å². The Labute approximate surface area is 130 Å². The van der Waals surface area contributed by atoms with E-state index in [4.69, 9.17) is 5.11 Å². The smallest absolute Gasteiger partial charge is 0.356 e. The molecule has 2 N–H and O–H groups in total. The minimum Gasteiger partial charge on any atom is -0.476 e. The molecule has 0 aliphatic carbocycles. The number of pyridine rings is 1. The summed E-state index contributed by atoms with van der Waals surface area (Å²) >= 11 is 3.37. The summed E-state index contributed by atoms with van der Waals surface area (Å²) in [6, 6.07) is 10.8. The summed E-state index contributed by atoms with van der Waals surface area (Å²) in [6.45, 7) is 0. The molecule has 1 amide bonds. The Kier molecular flexibility index (Phi) is 5.05. The zero-order chi connectivity index (χ0) is 15.2. The van der Waals surface area contributed by atoms with E-state index in [1.54, 1.807) is 6.07 Å². The van der Waals surface area contributed by atoms with Gasteiger partial charge in [0.05, 0.1) is 5.69 Å². The first-order chi connectivity index (χ1) is 10.1. The quantitative estimate of drug-likeness (QED) is 0.869. The second-order valence-corrected chi connectivity index (χ2v) is 5.30. The molecular formula is C15H13BrN2O3. The van der Waals surface area contributed by atoms with Gasteiger partial charge in [0.1, 0.15) is 0 Å². The lowest BCUT2D eigenvalue weighted by Crippen LogP contribution is -2.16. The van der Waals surface area contributed by atoms with E-state index in [1.165, 1.54) is 12.3 Å². The van der Waals surface area contributed by atoms with E-state index >= 15 is 0 Å². The number of benzene rings is 1. The van der Waals surface area contributed by atoms with Gasteiger partial charge in [0.25, 0.3) is 0 Å². The highest BCUT2D eigenvalue weighted by atomic mass is 79.9. The lowest BCUT2D eigenvalue weighted by molar-refractivity contribution is -0.116. The van der Waals surface area contributed by atoms with Crippen molar-refractivity contribution in [2.45, 2.75) is 12.8 Å². The van der Waals surface area contributed by atoms with Crippen LogP contribution >= 0.6 is 15.9 Å². The Balaban J connectivity index is 1.98. The fourth-order valence-corrected chi connectivity index (χ4v) is 2.29. The standard InChI is InChI=1S/C15H13BrN2O3/c16-11-4-1-3-10(9-11)6-7-13(19)18-12-5-2-8-17-14(12)15(20)21/h1-5,8-9H,6-7H2,(H,18,19)(H,20,21). The van der Waals surface area contributed by atoms with Crippen molar-refractivity contribution in [2.24, 2.45) is 0 Å². The van der Waals surface area contributed by atoms with Gasteiger partial charge in [0.2, 0.25) is 5.91 Å². The van der Waals surface area contributed by atoms with Gasteiger partial charge in [-0.05, 0) is 36.2 Å². The van der Waals surface area contributed by atoms with Crippen molar-refractivity contribution < 1.29 is 14.7 Å². The van der Waals surface area contributed by atoms with Gasteiger partial charge >= 0.3 is 5.97 Å². The van der Waals surface area contributed by atoms with Crippen molar-refractivity contribution in [1.29, 1.82) is 0 Å². The van der Waals surface area contributed by atoms with E-state index in [0.29, 0.717) is 6.42 Å². The molecule has 0 bridgehead atoms. The number of nitrogens with zero attached hydrogens (tertiary/aromatic N) is 1. The molecular weight excluding hydrogens is 336 g/mol. The van der Waals surface area contributed by atoms with Crippen molar-refractivity contribution >= 4 is 33.5 Å². The summed E-state index contributed by atoms with van der Waals surface area (Å²) < 4.78 is 0.959. The number of hydrogen-bond acceptors (Lipinski definition) is 3. The third kappa shape index (κ3) is 4.39. The van der Waals surface area contributed by atoms with Gasteiger partial charge in [-0.15, -0.1) is 0 Å². The van der Waals surface area contributed by atoms with Gasteiger partial charge in [0.15, 0.2) is 5.69 Å². The van der Waals surface area contributed by atoms with Crippen LogP contribution in [0, 0.1) is 0 Å². The van der Waals surface area contributed by atoms with E-state index in [1.807, 2.05) is 24.3 Å². The van der Waals surface area contributed by atoms with Crippen LogP contribution in [-0.4, -0.2) is 22.0 Å². The molecule has 1 aromatic heterocycles. The van der Waals surface area contributed by atoms with Crippen LogP contribution in [0.15, 0.2) is 47.1 Å². The van der Waals surface area contributed by atoms with E-state index in [9.17, 15) is 9.59 Å². The number of rotatable bonds is 5. The molecule has 1 heterocycles. The van der Waals surface area contributed by atoms with Gasteiger partial charge < -0.3 is 10.4 Å². The van der Waals surface area contributed by atoms with Crippen LogP contribution < -0.4 is 5.32 Å². The Hall–Kier alpha value is -2.21. The second kappa shape index (κ2) is 6.99. The second-order valence-electron chi connectivity index (χ2n) is 4.38. The Bertz CT molecular complexity index is 673. The van der Waals surface area contributed by atoms with Crippen LogP contribution in [0.2, 0.25) is 0 Å². The van der Waals surface area contributed by atoms with Gasteiger partial charge in [-0.25, -0.2) is 9.78 Å². The van der Waals surface area contributed by atoms with Gasteiger partial charge in [-0.3, -0.25) is 4.79 Å². The van der Waals surface area contributed by atoms with Crippen LogP contribution in [0.3, 0.4) is 0 Å². The number of carbonyl (C=O) groups excluding carboxylic acids is 1. The normalized spacial score (nSPS) is 10.1. The molecule has 2 rings (SSSR count). The summed E-state index contributed by atoms with van der Waals surface area (Å²) in [7, 11) is 0. The molecule has 0 aliphatic heterocycles. The Morgan fingerprint density at radius 2 is 2.05 bits per heavy atom. The Morgan fingerprint density at radius 3 is 2.76 bits per heavy atom. The number of nitrogens with one attached hydrogen (secondary N) is 1. The predicted molar refractivity (Wildman–Crippen MR) is 82.3 cm³/mol. The van der Waals surface area contributed by atoms with Crippen molar-refractivity contribution in [3.63, 3.8) is 0 Å². The van der Waals surface area contributed by atoms with E-state index in [0.717, 1.165) is 10.0 Å². The summed E-state index contributed by atoms with van der Waals surface area (Å²) in [5, 5.41) is 11.6. The maximum absolute atomic E-state index is 11.9. The third-order valence-corrected chi connectivity index (χ3v) is 3.31. The summed E-state index contributed by atoms with van der Waals surface area (Å²) in [5.74, 6) is -1.41. The number of hydrogen-bond donors (Lipinski definition) is 2. The molecule has 0 unspecified atom stereocenters. The monoisotopic (exact) mass is 348 g/mol. The van der Waals surface area contributed by atoms with Gasteiger partial charge in [0, 0.05) is 17.1 Å². The third-order valence-electron chi connectivity index (χ3n) is 2.81. The van der Waals surface area contributed by atoms with Crippen LogP contribution in [0.25, 0.3) is 0 Å². The van der Waals surface area contributed by atoms with E-state index in [-0.39, 0.29) is 23.7 Å². The van der Waals surface area contributed by atoms with Crippen molar-refractivity contribution in [3.8, 4) is 0 Å². The largest absolute Gasteiger partial charge is 0.476 e. The topological polar surface area (TPSA) is 79.3 Å². The maximum Gasteiger partial charge on any atom is 0.356 e. The number of halogens is 1. The van der Waals surface area contributed by atoms with E-state index in [2.05, 4.69) is 26.2 Å². The fraction of sp³-hybridized carbons (Fsp3) is 0.133. The van der Waals surface area contributed by atoms with Gasteiger partial charge in [-0.1, -0.05) is 28.1 Å². The first-order valence-electron chi connectivity index (χ1n) is 6.29. The summed E-state index contributed by atoms with van der Waals surface area (Å²) in [4.78, 5) is 26.6. The fourth-order valence-electron chi connectivity index (χ4n) is 1.84. The number of anilines is 1. The SMILES string of the molecule is O=C(CCc1cccc(Br)c1)Nc1cccnc1C(=O)O. The summed E-state index contributed by atoms with van der Waals surface area (Å²) in [5.41, 5.74) is 1.08. The molecule has 6 heteroatoms. The molecule has 0 saturated carbocycles. The number of carboxylic acids is 1. The predicted octanol–water partition coefficient (Wildman–Crippen LogP) is 3.11. The van der Waals surface area contributed by atoms with Gasteiger partial charge in [-0.2, -0.15) is 0 Å². The molecule has 2 aromatic rings. The summed E-state index contributed by atoms with van der Waals surface area (Å²) in [6.07, 6.45) is 2.22. The zero-order valence-electron chi connectivity index (χ0n) is 11.0. The number of carbonyl (C=O) groups is 2. The molecule has 0 fully saturated rings. The number of aromatic carboxylic acids is 1. The number of amides is 1. The molecule has 21 heavy (non-hydrogen) atoms. The number of aromatic nitrogens is 1. The zero-order valence-corrected chi connectivity index (χ0v) is 12.6. The van der Waals surface area contributed by atoms with E-state index < -0.39 is 5.97 Å². The average Bonchev–Trinajstić information content (AvgIpc) is 2.45. The van der Waals surface area contributed by atoms with Crippen LogP contribution in [0.5, 0.6) is 0 Å². The number of aryl methyl sites for hydroxylation is 1. The molecule has 1 aromatic carbocycles. The minimum absolute atomic E-state index is 0.159. The minimum atomic E-state index is -1.17. The molecule has 108 valence electrons. The Morgan fingerprint density at radius 1 is 1.24 bits per heavy atom. The molecule has 0 spiro atoms. The highest BCUT2D eigenvalue weighted by Crippen LogP contribution is 2.15. The first-order valence-corrected chi connectivity index (χ1v) is 7.08. The van der Waals surface area contributed by atoms with Crippen LogP contribution in [0.1, 0.15) is 22.5 Å². The molecule has 5 nitrogen and oxygen atoms in total. The van der Waals surface area contributed by atoms with Crippen molar-refractivity contribution in [3.05, 3.63) is 58.3 Å². The molecule has 0 saturated heterocycles. The maximum atomic E-state index is 11.9. The van der Waals surface area contributed by atoms with Crippen LogP contribution in [-0.2, 0) is 11.2 Å². The number of carboxylic acid groups (broad SMARTS) is 1. The first kappa shape index (κ1) is 15.2. The average molecular weight is 349 g/mol. The van der Waals surface area contributed by atoms with Crippen LogP contribution in [0.4, 0.5) is 5.69 Å². The molecule has 0 radical (unpaired) electrons. The lowest BCUT2D eigenvalue weighted by Gasteiger charge is -2.07. The highest BCUT2D eigenvalue weighted by Gasteiger charge is 2.13. The lowest BCUT2D eigenvalue weighted by atomic mass is 10.1. The molecule has 0 atom stereocenters.